The molecular formula is C22H18ClF3N4O. The largest absolute Gasteiger partial charge is 0.416 e. The number of hydrogen-bond donors (Lipinski definition) is 1. The third-order valence-electron chi connectivity index (χ3n) is 5.69. The van der Waals surface area contributed by atoms with Gasteiger partial charge in [-0.25, -0.2) is 4.68 Å². The molecule has 5 nitrogen and oxygen atoms in total. The molecule has 0 bridgehead atoms. The minimum atomic E-state index is -4.58. The maximum absolute atomic E-state index is 13.1. The molecule has 31 heavy (non-hydrogen) atoms. The Morgan fingerprint density at radius 3 is 2.71 bits per heavy atom. The lowest BCUT2D eigenvalue weighted by molar-refractivity contribution is -0.137. The summed E-state index contributed by atoms with van der Waals surface area (Å²) in [5.41, 5.74) is 2.63. The molecule has 0 radical (unpaired) electrons. The summed E-state index contributed by atoms with van der Waals surface area (Å²) in [6.45, 7) is 0. The van der Waals surface area contributed by atoms with Crippen LogP contribution >= 0.6 is 11.6 Å². The molecule has 160 valence electrons. The molecule has 1 N–H and O–H groups in total. The second-order valence-electron chi connectivity index (χ2n) is 7.98. The van der Waals surface area contributed by atoms with E-state index >= 15 is 0 Å². The number of nitrogens with zero attached hydrogens (tertiary/aromatic N) is 3. The molecule has 2 heterocycles. The number of nitrogens with one attached hydrogen (secondary N) is 1. The fourth-order valence-corrected chi connectivity index (χ4v) is 4.17. The molecule has 1 atom stereocenters. The Hall–Kier alpha value is -2.87. The van der Waals surface area contributed by atoms with Gasteiger partial charge in [0.25, 0.3) is 5.91 Å². The molecule has 3 aromatic rings. The minimum absolute atomic E-state index is 0.121. The summed E-state index contributed by atoms with van der Waals surface area (Å²) >= 11 is 5.81. The number of carbonyl (C=O) groups is 1. The Balaban J connectivity index is 1.37. The molecule has 9 heteroatoms. The van der Waals surface area contributed by atoms with Crippen LogP contribution in [0.5, 0.6) is 0 Å². The second kappa shape index (κ2) is 7.37. The van der Waals surface area contributed by atoms with E-state index in [4.69, 9.17) is 11.6 Å². The summed E-state index contributed by atoms with van der Waals surface area (Å²) in [4.78, 5) is 17.1. The van der Waals surface area contributed by atoms with E-state index < -0.39 is 17.6 Å². The van der Waals surface area contributed by atoms with Crippen LogP contribution in [0.4, 0.5) is 13.2 Å². The molecule has 5 rings (SSSR count). The van der Waals surface area contributed by atoms with E-state index in [0.29, 0.717) is 18.8 Å². The van der Waals surface area contributed by atoms with Gasteiger partial charge in [-0.15, -0.1) is 0 Å². The van der Waals surface area contributed by atoms with Gasteiger partial charge in [-0.2, -0.15) is 18.3 Å². The zero-order valence-electron chi connectivity index (χ0n) is 16.3. The van der Waals surface area contributed by atoms with Gasteiger partial charge >= 0.3 is 6.18 Å². The molecule has 1 saturated carbocycles. The van der Waals surface area contributed by atoms with Crippen LogP contribution in [0.25, 0.3) is 5.69 Å². The van der Waals surface area contributed by atoms with E-state index in [2.05, 4.69) is 15.4 Å². The standard InChI is InChI=1S/C22H18ClF3N4O/c23-15-8-13(7-14(9-15)22(24,25)26)21(31)28-18-3-4-19-17(18)11-30(29-19)16-5-6-27-20(10-16)12-1-2-12/h5-12,18H,1-4H2,(H,28,31)/t18-/m1/s1. The van der Waals surface area contributed by atoms with Crippen molar-refractivity contribution in [3.05, 3.63) is 75.8 Å². The number of hydrogen-bond acceptors (Lipinski definition) is 3. The van der Waals surface area contributed by atoms with Crippen molar-refractivity contribution in [2.75, 3.05) is 0 Å². The number of amides is 1. The van der Waals surface area contributed by atoms with Crippen molar-refractivity contribution < 1.29 is 18.0 Å². The van der Waals surface area contributed by atoms with E-state index in [1.807, 2.05) is 18.3 Å². The first kappa shape index (κ1) is 20.1. The monoisotopic (exact) mass is 446 g/mol. The second-order valence-corrected chi connectivity index (χ2v) is 8.42. The Morgan fingerprint density at radius 1 is 1.16 bits per heavy atom. The Labute approximate surface area is 181 Å². The average molecular weight is 447 g/mol. The normalized spacial score (nSPS) is 18.1. The van der Waals surface area contributed by atoms with Gasteiger partial charge in [0.05, 0.1) is 23.0 Å². The van der Waals surface area contributed by atoms with Crippen LogP contribution in [-0.4, -0.2) is 20.7 Å². The maximum atomic E-state index is 13.1. The molecular weight excluding hydrogens is 429 g/mol. The molecule has 1 fully saturated rings. The van der Waals surface area contributed by atoms with Crippen LogP contribution < -0.4 is 5.32 Å². The molecule has 2 aliphatic rings. The summed E-state index contributed by atoms with van der Waals surface area (Å²) in [5.74, 6) is -0.0767. The van der Waals surface area contributed by atoms with Crippen LogP contribution in [0.1, 0.15) is 64.1 Å². The lowest BCUT2D eigenvalue weighted by atomic mass is 10.1. The highest BCUT2D eigenvalue weighted by Crippen LogP contribution is 2.39. The van der Waals surface area contributed by atoms with E-state index in [0.717, 1.165) is 47.6 Å². The zero-order valence-corrected chi connectivity index (χ0v) is 17.0. The number of carbonyl (C=O) groups excluding carboxylic acids is 1. The van der Waals surface area contributed by atoms with Gasteiger partial charge in [0.2, 0.25) is 0 Å². The number of aromatic nitrogens is 3. The van der Waals surface area contributed by atoms with E-state index in [9.17, 15) is 18.0 Å². The number of alkyl halides is 3. The van der Waals surface area contributed by atoms with Gasteiger partial charge in [0.15, 0.2) is 0 Å². The highest BCUT2D eigenvalue weighted by molar-refractivity contribution is 6.31. The third kappa shape index (κ3) is 4.04. The van der Waals surface area contributed by atoms with Crippen molar-refractivity contribution in [1.82, 2.24) is 20.1 Å². The first-order valence-electron chi connectivity index (χ1n) is 10.0. The third-order valence-corrected chi connectivity index (χ3v) is 5.90. The van der Waals surface area contributed by atoms with Crippen LogP contribution in [0.2, 0.25) is 5.02 Å². The van der Waals surface area contributed by atoms with Crippen molar-refractivity contribution in [1.29, 1.82) is 0 Å². The first-order valence-corrected chi connectivity index (χ1v) is 10.4. The van der Waals surface area contributed by atoms with Gasteiger partial charge in [-0.1, -0.05) is 11.6 Å². The maximum Gasteiger partial charge on any atom is 0.416 e. The Morgan fingerprint density at radius 2 is 1.97 bits per heavy atom. The number of pyridine rings is 1. The van der Waals surface area contributed by atoms with Crippen molar-refractivity contribution in [2.45, 2.75) is 43.8 Å². The zero-order chi connectivity index (χ0) is 21.8. The average Bonchev–Trinajstić information content (AvgIpc) is 3.39. The molecule has 0 unspecified atom stereocenters. The van der Waals surface area contributed by atoms with Gasteiger partial charge in [-0.3, -0.25) is 9.78 Å². The SMILES string of the molecule is O=C(N[C@@H]1CCc2nn(-c3ccnc(C4CC4)c3)cc21)c1cc(Cl)cc(C(F)(F)F)c1. The first-order chi connectivity index (χ1) is 14.8. The summed E-state index contributed by atoms with van der Waals surface area (Å²) in [6.07, 6.45) is 2.69. The fourth-order valence-electron chi connectivity index (χ4n) is 3.93. The lowest BCUT2D eigenvalue weighted by Gasteiger charge is -2.14. The van der Waals surface area contributed by atoms with Gasteiger partial charge < -0.3 is 5.32 Å². The van der Waals surface area contributed by atoms with Crippen LogP contribution in [-0.2, 0) is 12.6 Å². The fraction of sp³-hybridized carbons (Fsp3) is 0.318. The van der Waals surface area contributed by atoms with Crippen LogP contribution in [0.15, 0.2) is 42.7 Å². The molecule has 0 spiro atoms. The van der Waals surface area contributed by atoms with Gasteiger partial charge in [-0.05, 0) is 56.0 Å². The predicted octanol–water partition coefficient (Wildman–Crippen LogP) is 5.23. The summed E-state index contributed by atoms with van der Waals surface area (Å²) < 4.78 is 40.9. The molecule has 0 aliphatic heterocycles. The molecule has 2 aromatic heterocycles. The van der Waals surface area contributed by atoms with Crippen molar-refractivity contribution in [3.63, 3.8) is 0 Å². The summed E-state index contributed by atoms with van der Waals surface area (Å²) in [5, 5.41) is 7.34. The van der Waals surface area contributed by atoms with Crippen LogP contribution in [0.3, 0.4) is 0 Å². The predicted molar refractivity (Wildman–Crippen MR) is 108 cm³/mol. The molecule has 0 saturated heterocycles. The van der Waals surface area contributed by atoms with Gasteiger partial charge in [0.1, 0.15) is 0 Å². The van der Waals surface area contributed by atoms with Crippen molar-refractivity contribution in [2.24, 2.45) is 0 Å². The molecule has 2 aliphatic carbocycles. The Kier molecular flexibility index (Phi) is 4.77. The molecule has 1 amide bonds. The topological polar surface area (TPSA) is 59.8 Å². The number of rotatable bonds is 4. The van der Waals surface area contributed by atoms with E-state index in [-0.39, 0.29) is 16.6 Å². The highest BCUT2D eigenvalue weighted by Gasteiger charge is 2.33. The minimum Gasteiger partial charge on any atom is -0.345 e. The quantitative estimate of drug-likeness (QED) is 0.596. The lowest BCUT2D eigenvalue weighted by Crippen LogP contribution is -2.27. The van der Waals surface area contributed by atoms with E-state index in [1.165, 1.54) is 6.07 Å². The number of halogens is 4. The highest BCUT2D eigenvalue weighted by atomic mass is 35.5. The summed E-state index contributed by atoms with van der Waals surface area (Å²) in [7, 11) is 0. The van der Waals surface area contributed by atoms with Crippen LogP contribution in [0, 0.1) is 0 Å². The van der Waals surface area contributed by atoms with Crippen molar-refractivity contribution >= 4 is 17.5 Å². The summed E-state index contributed by atoms with van der Waals surface area (Å²) in [6, 6.07) is 6.44. The van der Waals surface area contributed by atoms with E-state index in [1.54, 1.807) is 10.9 Å². The smallest absolute Gasteiger partial charge is 0.345 e. The number of benzene rings is 1. The molecule has 1 aromatic carbocycles. The van der Waals surface area contributed by atoms with Gasteiger partial charge in [0, 0.05) is 40.2 Å². The number of fused-ring (bicyclic) bond motifs is 1. The number of aryl methyl sites for hydroxylation is 1. The van der Waals surface area contributed by atoms with Crippen molar-refractivity contribution in [3.8, 4) is 5.69 Å². The Bertz CT molecular complexity index is 1170.